The minimum Gasteiger partial charge on any atom is -0.338 e. The van der Waals surface area contributed by atoms with E-state index >= 15 is 0 Å². The van der Waals surface area contributed by atoms with Crippen LogP contribution in [0.5, 0.6) is 0 Å². The van der Waals surface area contributed by atoms with E-state index in [0.717, 1.165) is 26.1 Å². The Morgan fingerprint density at radius 1 is 1.28 bits per heavy atom. The van der Waals surface area contributed by atoms with Crippen LogP contribution in [0, 0.1) is 5.82 Å². The van der Waals surface area contributed by atoms with Gasteiger partial charge < -0.3 is 20.4 Å². The Labute approximate surface area is 148 Å². The number of urea groups is 1. The van der Waals surface area contributed by atoms with Crippen molar-refractivity contribution in [2.24, 2.45) is 0 Å². The van der Waals surface area contributed by atoms with Crippen LogP contribution in [-0.4, -0.2) is 55.6 Å². The number of anilines is 1. The van der Waals surface area contributed by atoms with Crippen molar-refractivity contribution in [2.45, 2.75) is 32.7 Å². The van der Waals surface area contributed by atoms with Gasteiger partial charge in [-0.05, 0) is 50.3 Å². The Morgan fingerprint density at radius 3 is 2.60 bits per heavy atom. The summed E-state index contributed by atoms with van der Waals surface area (Å²) in [6, 6.07) is 5.31. The minimum atomic E-state index is -0.339. The predicted molar refractivity (Wildman–Crippen MR) is 96.1 cm³/mol. The summed E-state index contributed by atoms with van der Waals surface area (Å²) in [5.41, 5.74) is 0.648. The Hall–Kier alpha value is -2.15. The molecule has 138 valence electrons. The van der Waals surface area contributed by atoms with Crippen LogP contribution in [0.3, 0.4) is 0 Å². The highest BCUT2D eigenvalue weighted by Crippen LogP contribution is 2.21. The van der Waals surface area contributed by atoms with Crippen LogP contribution in [0.1, 0.15) is 26.7 Å². The first-order valence-corrected chi connectivity index (χ1v) is 8.86. The summed E-state index contributed by atoms with van der Waals surface area (Å²) in [5.74, 6) is -0.410. The molecule has 0 aromatic heterocycles. The van der Waals surface area contributed by atoms with E-state index in [0.29, 0.717) is 18.8 Å². The SMILES string of the molecule is CCN(CC)CCCNC(=O)NC1CC(=O)N(c2ccc(F)cc2)C1. The van der Waals surface area contributed by atoms with Gasteiger partial charge in [0, 0.05) is 25.2 Å². The molecule has 2 N–H and O–H groups in total. The van der Waals surface area contributed by atoms with Gasteiger partial charge in [0.05, 0.1) is 6.04 Å². The number of amides is 3. The van der Waals surface area contributed by atoms with E-state index in [-0.39, 0.29) is 30.2 Å². The lowest BCUT2D eigenvalue weighted by atomic mass is 10.2. The van der Waals surface area contributed by atoms with Gasteiger partial charge in [-0.25, -0.2) is 9.18 Å². The first-order chi connectivity index (χ1) is 12.0. The highest BCUT2D eigenvalue weighted by Gasteiger charge is 2.31. The van der Waals surface area contributed by atoms with Gasteiger partial charge in [0.15, 0.2) is 0 Å². The molecule has 1 heterocycles. The molecule has 1 unspecified atom stereocenters. The van der Waals surface area contributed by atoms with Crippen molar-refractivity contribution >= 4 is 17.6 Å². The number of carbonyl (C=O) groups is 2. The lowest BCUT2D eigenvalue weighted by molar-refractivity contribution is -0.117. The number of nitrogens with zero attached hydrogens (tertiary/aromatic N) is 2. The number of rotatable bonds is 8. The summed E-state index contributed by atoms with van der Waals surface area (Å²) in [6.45, 7) is 8.20. The molecule has 7 heteroatoms. The smallest absolute Gasteiger partial charge is 0.315 e. The zero-order valence-corrected chi connectivity index (χ0v) is 14.9. The standard InChI is InChI=1S/C18H27FN4O2/c1-3-22(4-2)11-5-10-20-18(25)21-15-12-17(24)23(13-15)16-8-6-14(19)7-9-16/h6-9,15H,3-5,10-13H2,1-2H3,(H2,20,21,25). The largest absolute Gasteiger partial charge is 0.338 e. The number of nitrogens with one attached hydrogen (secondary N) is 2. The summed E-state index contributed by atoms with van der Waals surface area (Å²) in [6.07, 6.45) is 1.14. The summed E-state index contributed by atoms with van der Waals surface area (Å²) in [7, 11) is 0. The average Bonchev–Trinajstić information content (AvgIpc) is 2.96. The Kier molecular flexibility index (Phi) is 7.18. The van der Waals surface area contributed by atoms with Gasteiger partial charge in [-0.1, -0.05) is 13.8 Å². The van der Waals surface area contributed by atoms with Crippen LogP contribution in [0.2, 0.25) is 0 Å². The van der Waals surface area contributed by atoms with Crippen LogP contribution in [-0.2, 0) is 4.79 Å². The van der Waals surface area contributed by atoms with E-state index in [9.17, 15) is 14.0 Å². The quantitative estimate of drug-likeness (QED) is 0.705. The van der Waals surface area contributed by atoms with E-state index in [4.69, 9.17) is 0 Å². The third kappa shape index (κ3) is 5.70. The second kappa shape index (κ2) is 9.36. The van der Waals surface area contributed by atoms with Crippen molar-refractivity contribution in [3.8, 4) is 0 Å². The van der Waals surface area contributed by atoms with E-state index < -0.39 is 0 Å². The highest BCUT2D eigenvalue weighted by atomic mass is 19.1. The molecule has 1 aromatic rings. The van der Waals surface area contributed by atoms with Crippen LogP contribution < -0.4 is 15.5 Å². The third-order valence-electron chi connectivity index (χ3n) is 4.43. The molecule has 1 fully saturated rings. The average molecular weight is 350 g/mol. The van der Waals surface area contributed by atoms with Crippen molar-refractivity contribution in [3.63, 3.8) is 0 Å². The zero-order valence-electron chi connectivity index (χ0n) is 14.9. The lowest BCUT2D eigenvalue weighted by Crippen LogP contribution is -2.44. The molecule has 3 amide bonds. The molecular formula is C18H27FN4O2. The fourth-order valence-corrected chi connectivity index (χ4v) is 2.96. The van der Waals surface area contributed by atoms with Crippen LogP contribution in [0.4, 0.5) is 14.9 Å². The maximum atomic E-state index is 13.0. The number of hydrogen-bond donors (Lipinski definition) is 2. The van der Waals surface area contributed by atoms with Gasteiger partial charge in [-0.2, -0.15) is 0 Å². The summed E-state index contributed by atoms with van der Waals surface area (Å²) < 4.78 is 13.0. The predicted octanol–water partition coefficient (Wildman–Crippen LogP) is 1.96. The molecule has 1 saturated heterocycles. The van der Waals surface area contributed by atoms with Crippen molar-refractivity contribution in [3.05, 3.63) is 30.1 Å². The maximum Gasteiger partial charge on any atom is 0.315 e. The molecule has 25 heavy (non-hydrogen) atoms. The van der Waals surface area contributed by atoms with Crippen molar-refractivity contribution < 1.29 is 14.0 Å². The van der Waals surface area contributed by atoms with Crippen LogP contribution in [0.15, 0.2) is 24.3 Å². The Bertz CT molecular complexity index is 575. The number of halogens is 1. The molecule has 0 aliphatic carbocycles. The Balaban J connectivity index is 1.73. The maximum absolute atomic E-state index is 13.0. The monoisotopic (exact) mass is 350 g/mol. The van der Waals surface area contributed by atoms with E-state index in [1.54, 1.807) is 17.0 Å². The third-order valence-corrected chi connectivity index (χ3v) is 4.43. The molecule has 0 bridgehead atoms. The van der Waals surface area contributed by atoms with Gasteiger partial charge in [-0.3, -0.25) is 4.79 Å². The van der Waals surface area contributed by atoms with Gasteiger partial charge in [-0.15, -0.1) is 0 Å². The lowest BCUT2D eigenvalue weighted by Gasteiger charge is -2.19. The number of carbonyl (C=O) groups excluding carboxylic acids is 2. The molecule has 0 radical (unpaired) electrons. The van der Waals surface area contributed by atoms with E-state index in [1.165, 1.54) is 12.1 Å². The first-order valence-electron chi connectivity index (χ1n) is 8.86. The topological polar surface area (TPSA) is 64.7 Å². The minimum absolute atomic E-state index is 0.0709. The van der Waals surface area contributed by atoms with Gasteiger partial charge in [0.1, 0.15) is 5.82 Å². The summed E-state index contributed by atoms with van der Waals surface area (Å²) in [4.78, 5) is 27.9. The molecule has 2 rings (SSSR count). The summed E-state index contributed by atoms with van der Waals surface area (Å²) in [5, 5.41) is 5.67. The molecule has 6 nitrogen and oxygen atoms in total. The first kappa shape index (κ1) is 19.2. The van der Waals surface area contributed by atoms with E-state index in [2.05, 4.69) is 29.4 Å². The number of hydrogen-bond acceptors (Lipinski definition) is 3. The zero-order chi connectivity index (χ0) is 18.2. The van der Waals surface area contributed by atoms with Crippen molar-refractivity contribution in [1.82, 2.24) is 15.5 Å². The van der Waals surface area contributed by atoms with Crippen LogP contribution in [0.25, 0.3) is 0 Å². The highest BCUT2D eigenvalue weighted by molar-refractivity contribution is 5.96. The van der Waals surface area contributed by atoms with Gasteiger partial charge in [0.25, 0.3) is 0 Å². The molecule has 1 aliphatic rings. The number of benzene rings is 1. The Morgan fingerprint density at radius 2 is 1.96 bits per heavy atom. The van der Waals surface area contributed by atoms with Gasteiger partial charge in [0.2, 0.25) is 5.91 Å². The van der Waals surface area contributed by atoms with Gasteiger partial charge >= 0.3 is 6.03 Å². The second-order valence-corrected chi connectivity index (χ2v) is 6.16. The fraction of sp³-hybridized carbons (Fsp3) is 0.556. The summed E-state index contributed by atoms with van der Waals surface area (Å²) >= 11 is 0. The molecule has 0 spiro atoms. The molecule has 0 saturated carbocycles. The van der Waals surface area contributed by atoms with Crippen LogP contribution >= 0.6 is 0 Å². The fourth-order valence-electron chi connectivity index (χ4n) is 2.96. The molecule has 1 aliphatic heterocycles. The second-order valence-electron chi connectivity index (χ2n) is 6.16. The van der Waals surface area contributed by atoms with Crippen molar-refractivity contribution in [2.75, 3.05) is 37.6 Å². The molecule has 1 atom stereocenters. The van der Waals surface area contributed by atoms with E-state index in [1.807, 2.05) is 0 Å². The van der Waals surface area contributed by atoms with Crippen molar-refractivity contribution in [1.29, 1.82) is 0 Å². The molecular weight excluding hydrogens is 323 g/mol. The molecule has 1 aromatic carbocycles. The normalized spacial score (nSPS) is 17.2.